The lowest BCUT2D eigenvalue weighted by Gasteiger charge is -2.28. The molecule has 0 spiro atoms. The maximum absolute atomic E-state index is 13.2. The zero-order chi connectivity index (χ0) is 21.8. The standard InChI is InChI=1S/C24H20N2O4S/c25-15-20-7-2-4-9-22(20)17-30-24(27)19-10-5-11-23(14-19)31(28,29)26-13-12-18-6-1-3-8-21(18)16-26/h1-11,14H,12-13,16-17H2. The summed E-state index contributed by atoms with van der Waals surface area (Å²) >= 11 is 0. The van der Waals surface area contributed by atoms with E-state index in [2.05, 4.69) is 6.07 Å². The van der Waals surface area contributed by atoms with Gasteiger partial charge < -0.3 is 4.74 Å². The number of nitrogens with zero attached hydrogens (tertiary/aromatic N) is 2. The fraction of sp³-hybridized carbons (Fsp3) is 0.167. The van der Waals surface area contributed by atoms with Crippen molar-refractivity contribution in [3.63, 3.8) is 0 Å². The fourth-order valence-electron chi connectivity index (χ4n) is 3.59. The number of fused-ring (bicyclic) bond motifs is 1. The number of carbonyl (C=O) groups excluding carboxylic acids is 1. The molecule has 1 aliphatic rings. The van der Waals surface area contributed by atoms with Crippen molar-refractivity contribution in [1.29, 1.82) is 5.26 Å². The molecule has 0 saturated carbocycles. The Bertz CT molecular complexity index is 1280. The molecule has 0 atom stereocenters. The topological polar surface area (TPSA) is 87.5 Å². The highest BCUT2D eigenvalue weighted by Crippen LogP contribution is 2.25. The highest BCUT2D eigenvalue weighted by Gasteiger charge is 2.28. The van der Waals surface area contributed by atoms with E-state index in [4.69, 9.17) is 10.00 Å². The third-order valence-corrected chi connectivity index (χ3v) is 7.14. The number of carbonyl (C=O) groups is 1. The molecule has 1 heterocycles. The zero-order valence-corrected chi connectivity index (χ0v) is 17.5. The summed E-state index contributed by atoms with van der Waals surface area (Å²) in [5, 5.41) is 9.15. The minimum absolute atomic E-state index is 0.0544. The van der Waals surface area contributed by atoms with Crippen LogP contribution in [0.5, 0.6) is 0 Å². The second kappa shape index (κ2) is 8.72. The van der Waals surface area contributed by atoms with Gasteiger partial charge in [-0.15, -0.1) is 0 Å². The van der Waals surface area contributed by atoms with Gasteiger partial charge in [0.15, 0.2) is 0 Å². The molecule has 0 unspecified atom stereocenters. The van der Waals surface area contributed by atoms with E-state index in [1.54, 1.807) is 24.3 Å². The first-order valence-electron chi connectivity index (χ1n) is 9.81. The Balaban J connectivity index is 1.51. The van der Waals surface area contributed by atoms with Gasteiger partial charge in [0.1, 0.15) is 6.61 Å². The molecule has 0 radical (unpaired) electrons. The van der Waals surface area contributed by atoms with E-state index in [1.165, 1.54) is 28.6 Å². The largest absolute Gasteiger partial charge is 0.457 e. The summed E-state index contributed by atoms with van der Waals surface area (Å²) in [5.74, 6) is -0.645. The lowest BCUT2D eigenvalue weighted by Crippen LogP contribution is -2.36. The van der Waals surface area contributed by atoms with Gasteiger partial charge in [0.05, 0.1) is 22.1 Å². The second-order valence-corrected chi connectivity index (χ2v) is 9.17. The number of hydrogen-bond donors (Lipinski definition) is 0. The number of hydrogen-bond acceptors (Lipinski definition) is 5. The molecule has 31 heavy (non-hydrogen) atoms. The average molecular weight is 433 g/mol. The molecule has 0 fully saturated rings. The third-order valence-electron chi connectivity index (χ3n) is 5.30. The van der Waals surface area contributed by atoms with E-state index in [1.807, 2.05) is 24.3 Å². The molecule has 7 heteroatoms. The van der Waals surface area contributed by atoms with Gasteiger partial charge in [-0.25, -0.2) is 13.2 Å². The molecule has 0 bridgehead atoms. The van der Waals surface area contributed by atoms with Gasteiger partial charge >= 0.3 is 5.97 Å². The molecule has 3 aromatic rings. The monoisotopic (exact) mass is 432 g/mol. The minimum atomic E-state index is -3.76. The summed E-state index contributed by atoms with van der Waals surface area (Å²) in [5.41, 5.74) is 3.31. The number of nitriles is 1. The average Bonchev–Trinajstić information content (AvgIpc) is 2.82. The van der Waals surface area contributed by atoms with Gasteiger partial charge in [-0.1, -0.05) is 48.5 Å². The van der Waals surface area contributed by atoms with Crippen LogP contribution in [0, 0.1) is 11.3 Å². The van der Waals surface area contributed by atoms with Gasteiger partial charge in [0, 0.05) is 18.7 Å². The van der Waals surface area contributed by atoms with Gasteiger partial charge in [-0.05, 0) is 41.8 Å². The highest BCUT2D eigenvalue weighted by atomic mass is 32.2. The smallest absolute Gasteiger partial charge is 0.338 e. The van der Waals surface area contributed by atoms with Crippen LogP contribution in [-0.4, -0.2) is 25.2 Å². The normalized spacial score (nSPS) is 13.8. The zero-order valence-electron chi connectivity index (χ0n) is 16.7. The molecule has 3 aromatic carbocycles. The molecule has 4 rings (SSSR count). The summed E-state index contributed by atoms with van der Waals surface area (Å²) in [4.78, 5) is 12.6. The van der Waals surface area contributed by atoms with Crippen LogP contribution < -0.4 is 0 Å². The van der Waals surface area contributed by atoms with Gasteiger partial charge in [0.25, 0.3) is 0 Å². The first-order valence-corrected chi connectivity index (χ1v) is 11.2. The Morgan fingerprint density at radius 3 is 2.55 bits per heavy atom. The Hall–Kier alpha value is -3.47. The van der Waals surface area contributed by atoms with Crippen LogP contribution in [0.3, 0.4) is 0 Å². The molecule has 156 valence electrons. The van der Waals surface area contributed by atoms with Crippen molar-refractivity contribution in [2.45, 2.75) is 24.5 Å². The molecular weight excluding hydrogens is 412 g/mol. The van der Waals surface area contributed by atoms with E-state index in [-0.39, 0.29) is 17.1 Å². The van der Waals surface area contributed by atoms with Crippen molar-refractivity contribution < 1.29 is 17.9 Å². The summed E-state index contributed by atoms with van der Waals surface area (Å²) in [7, 11) is -3.76. The molecule has 0 amide bonds. The van der Waals surface area contributed by atoms with Crippen LogP contribution in [0.1, 0.15) is 32.6 Å². The van der Waals surface area contributed by atoms with Crippen LogP contribution >= 0.6 is 0 Å². The maximum atomic E-state index is 13.2. The van der Waals surface area contributed by atoms with Crippen molar-refractivity contribution in [2.75, 3.05) is 6.54 Å². The van der Waals surface area contributed by atoms with E-state index < -0.39 is 16.0 Å². The molecule has 6 nitrogen and oxygen atoms in total. The Morgan fingerprint density at radius 1 is 1.00 bits per heavy atom. The molecule has 0 aromatic heterocycles. The molecule has 0 aliphatic carbocycles. The van der Waals surface area contributed by atoms with Crippen LogP contribution in [0.4, 0.5) is 0 Å². The quantitative estimate of drug-likeness (QED) is 0.574. The molecule has 0 saturated heterocycles. The lowest BCUT2D eigenvalue weighted by molar-refractivity contribution is 0.0472. The number of sulfonamides is 1. The van der Waals surface area contributed by atoms with Crippen LogP contribution in [0.2, 0.25) is 0 Å². The summed E-state index contributed by atoms with van der Waals surface area (Å²) < 4.78 is 33.1. The summed E-state index contributed by atoms with van der Waals surface area (Å²) in [6.07, 6.45) is 0.648. The van der Waals surface area contributed by atoms with Gasteiger partial charge in [0.2, 0.25) is 10.0 Å². The molecule has 1 aliphatic heterocycles. The number of benzene rings is 3. The van der Waals surface area contributed by atoms with Gasteiger partial charge in [-0.3, -0.25) is 0 Å². The number of rotatable bonds is 5. The lowest BCUT2D eigenvalue weighted by atomic mass is 10.0. The third kappa shape index (κ3) is 4.36. The SMILES string of the molecule is N#Cc1ccccc1COC(=O)c1cccc(S(=O)(=O)N2CCc3ccccc3C2)c1. The summed E-state index contributed by atoms with van der Waals surface area (Å²) in [6, 6.07) is 22.6. The first-order chi connectivity index (χ1) is 15.0. The first kappa shape index (κ1) is 20.8. The molecular formula is C24H20N2O4S. The van der Waals surface area contributed by atoms with E-state index in [0.717, 1.165) is 11.1 Å². The van der Waals surface area contributed by atoms with Crippen molar-refractivity contribution >= 4 is 16.0 Å². The maximum Gasteiger partial charge on any atom is 0.338 e. The Morgan fingerprint density at radius 2 is 1.74 bits per heavy atom. The fourth-order valence-corrected chi connectivity index (χ4v) is 5.05. The predicted octanol–water partition coefficient (Wildman–Crippen LogP) is 3.66. The van der Waals surface area contributed by atoms with Crippen LogP contribution in [0.25, 0.3) is 0 Å². The van der Waals surface area contributed by atoms with Crippen molar-refractivity contribution in [3.05, 3.63) is 101 Å². The van der Waals surface area contributed by atoms with Crippen molar-refractivity contribution in [2.24, 2.45) is 0 Å². The molecule has 0 N–H and O–H groups in total. The van der Waals surface area contributed by atoms with Crippen molar-refractivity contribution in [1.82, 2.24) is 4.31 Å². The minimum Gasteiger partial charge on any atom is -0.457 e. The number of esters is 1. The van der Waals surface area contributed by atoms with Gasteiger partial charge in [-0.2, -0.15) is 9.57 Å². The van der Waals surface area contributed by atoms with E-state index in [0.29, 0.717) is 30.6 Å². The summed E-state index contributed by atoms with van der Waals surface area (Å²) in [6.45, 7) is 0.625. The predicted molar refractivity (Wildman–Crippen MR) is 114 cm³/mol. The second-order valence-electron chi connectivity index (χ2n) is 7.23. The van der Waals surface area contributed by atoms with E-state index in [9.17, 15) is 13.2 Å². The Labute approximate surface area is 181 Å². The van der Waals surface area contributed by atoms with Crippen LogP contribution in [0.15, 0.2) is 77.7 Å². The van der Waals surface area contributed by atoms with E-state index >= 15 is 0 Å². The van der Waals surface area contributed by atoms with Crippen molar-refractivity contribution in [3.8, 4) is 6.07 Å². The highest BCUT2D eigenvalue weighted by molar-refractivity contribution is 7.89. The number of ether oxygens (including phenoxy) is 1. The van der Waals surface area contributed by atoms with Crippen LogP contribution in [-0.2, 0) is 34.3 Å². The Kier molecular flexibility index (Phi) is 5.85.